The molecule has 9 heteroatoms. The van der Waals surface area contributed by atoms with Gasteiger partial charge in [-0.1, -0.05) is 18.2 Å². The van der Waals surface area contributed by atoms with E-state index >= 15 is 0 Å². The first-order chi connectivity index (χ1) is 14.5. The predicted octanol–water partition coefficient (Wildman–Crippen LogP) is 4.57. The fourth-order valence-electron chi connectivity index (χ4n) is 3.18. The van der Waals surface area contributed by atoms with Crippen LogP contribution in [0.25, 0.3) is 0 Å². The topological polar surface area (TPSA) is 118 Å². The number of amides is 1. The number of nitro groups is 1. The van der Waals surface area contributed by atoms with Gasteiger partial charge in [-0.05, 0) is 67.8 Å². The number of non-ortho nitro benzene ring substituents is 1. The van der Waals surface area contributed by atoms with Crippen molar-refractivity contribution in [3.8, 4) is 0 Å². The summed E-state index contributed by atoms with van der Waals surface area (Å²) in [5, 5.41) is 13.5. The van der Waals surface area contributed by atoms with Crippen LogP contribution in [0.1, 0.15) is 27.0 Å². The molecule has 0 saturated carbocycles. The lowest BCUT2D eigenvalue weighted by molar-refractivity contribution is -0.384. The molecule has 3 aromatic carbocycles. The molecule has 0 saturated heterocycles. The Balaban J connectivity index is 1.89. The first kappa shape index (κ1) is 22.0. The SMILES string of the molecule is Cc1cc(C)cc(NS(=O)(=O)c2cc(C(=O)Nc3cccc([N+](=O)[O-])c3)ccc2C)c1. The van der Waals surface area contributed by atoms with Gasteiger partial charge >= 0.3 is 0 Å². The molecule has 2 N–H and O–H groups in total. The van der Waals surface area contributed by atoms with Crippen LogP contribution in [-0.2, 0) is 10.0 Å². The van der Waals surface area contributed by atoms with E-state index in [9.17, 15) is 23.3 Å². The molecule has 0 bridgehead atoms. The van der Waals surface area contributed by atoms with Crippen LogP contribution >= 0.6 is 0 Å². The standard InChI is InChI=1S/C22H21N3O5S/c1-14-9-15(2)11-19(10-14)24-31(29,30)21-12-17(8-7-16(21)3)22(26)23-18-5-4-6-20(13-18)25(27)28/h4-13,24H,1-3H3,(H,23,26). The quantitative estimate of drug-likeness (QED) is 0.431. The highest BCUT2D eigenvalue weighted by atomic mass is 32.2. The molecule has 0 spiro atoms. The molecule has 0 aliphatic rings. The van der Waals surface area contributed by atoms with Gasteiger partial charge in [0.15, 0.2) is 0 Å². The molecule has 3 rings (SSSR count). The van der Waals surface area contributed by atoms with Crippen molar-refractivity contribution in [2.75, 3.05) is 10.0 Å². The van der Waals surface area contributed by atoms with Crippen molar-refractivity contribution in [3.63, 3.8) is 0 Å². The van der Waals surface area contributed by atoms with E-state index in [2.05, 4.69) is 10.0 Å². The number of hydrogen-bond donors (Lipinski definition) is 2. The molecule has 0 aromatic heterocycles. The van der Waals surface area contributed by atoms with Crippen molar-refractivity contribution < 1.29 is 18.1 Å². The molecule has 0 fully saturated rings. The van der Waals surface area contributed by atoms with Crippen LogP contribution < -0.4 is 10.0 Å². The van der Waals surface area contributed by atoms with E-state index in [1.807, 2.05) is 19.9 Å². The third-order valence-electron chi connectivity index (χ3n) is 4.53. The highest BCUT2D eigenvalue weighted by molar-refractivity contribution is 7.92. The number of carbonyl (C=O) groups is 1. The van der Waals surface area contributed by atoms with Gasteiger partial charge < -0.3 is 5.32 Å². The summed E-state index contributed by atoms with van der Waals surface area (Å²) in [6.45, 7) is 5.38. The molecular weight excluding hydrogens is 418 g/mol. The minimum absolute atomic E-state index is 0.0293. The van der Waals surface area contributed by atoms with Gasteiger partial charge in [-0.2, -0.15) is 0 Å². The Labute approximate surface area is 180 Å². The Morgan fingerprint density at radius 3 is 2.23 bits per heavy atom. The molecule has 8 nitrogen and oxygen atoms in total. The molecule has 1 amide bonds. The number of aryl methyl sites for hydroxylation is 3. The smallest absolute Gasteiger partial charge is 0.271 e. The number of nitro benzene ring substituents is 1. The summed E-state index contributed by atoms with van der Waals surface area (Å²) in [5.74, 6) is -0.580. The summed E-state index contributed by atoms with van der Waals surface area (Å²) in [5.41, 5.74) is 2.92. The van der Waals surface area contributed by atoms with Crippen LogP contribution in [0, 0.1) is 30.9 Å². The zero-order chi connectivity index (χ0) is 22.8. The van der Waals surface area contributed by atoms with Crippen molar-refractivity contribution in [2.24, 2.45) is 0 Å². The molecule has 160 valence electrons. The Bertz CT molecular complexity index is 1270. The van der Waals surface area contributed by atoms with Crippen molar-refractivity contribution in [3.05, 3.63) is 93.0 Å². The van der Waals surface area contributed by atoms with Crippen molar-refractivity contribution in [1.29, 1.82) is 0 Å². The van der Waals surface area contributed by atoms with E-state index in [1.165, 1.54) is 36.4 Å². The zero-order valence-corrected chi connectivity index (χ0v) is 18.0. The fourth-order valence-corrected chi connectivity index (χ4v) is 4.49. The lowest BCUT2D eigenvalue weighted by atomic mass is 10.1. The van der Waals surface area contributed by atoms with Gasteiger partial charge in [-0.25, -0.2) is 8.42 Å². The maximum atomic E-state index is 13.0. The average Bonchev–Trinajstić information content (AvgIpc) is 2.67. The van der Waals surface area contributed by atoms with Gasteiger partial charge in [0, 0.05) is 29.1 Å². The Morgan fingerprint density at radius 1 is 0.903 bits per heavy atom. The van der Waals surface area contributed by atoms with Crippen molar-refractivity contribution >= 4 is 33.0 Å². The van der Waals surface area contributed by atoms with Crippen molar-refractivity contribution in [1.82, 2.24) is 0 Å². The van der Waals surface area contributed by atoms with E-state index in [1.54, 1.807) is 25.1 Å². The van der Waals surface area contributed by atoms with Crippen LogP contribution in [0.4, 0.5) is 17.1 Å². The Hall–Kier alpha value is -3.72. The highest BCUT2D eigenvalue weighted by Crippen LogP contribution is 2.23. The average molecular weight is 439 g/mol. The minimum atomic E-state index is -3.94. The number of carbonyl (C=O) groups excluding carboxylic acids is 1. The summed E-state index contributed by atoms with van der Waals surface area (Å²) >= 11 is 0. The third kappa shape index (κ3) is 5.26. The number of sulfonamides is 1. The van der Waals surface area contributed by atoms with Crippen LogP contribution in [0.15, 0.2) is 65.6 Å². The molecule has 0 aliphatic carbocycles. The summed E-state index contributed by atoms with van der Waals surface area (Å²) in [6.07, 6.45) is 0. The molecule has 0 radical (unpaired) electrons. The molecule has 31 heavy (non-hydrogen) atoms. The molecule has 0 heterocycles. The second-order valence-electron chi connectivity index (χ2n) is 7.22. The predicted molar refractivity (Wildman–Crippen MR) is 119 cm³/mol. The van der Waals surface area contributed by atoms with E-state index in [0.29, 0.717) is 11.3 Å². The Morgan fingerprint density at radius 2 is 1.58 bits per heavy atom. The Kier molecular flexibility index (Phi) is 6.07. The van der Waals surface area contributed by atoms with Crippen LogP contribution in [-0.4, -0.2) is 19.2 Å². The fraction of sp³-hybridized carbons (Fsp3) is 0.136. The number of benzene rings is 3. The summed E-state index contributed by atoms with van der Waals surface area (Å²) < 4.78 is 28.5. The number of hydrogen-bond acceptors (Lipinski definition) is 5. The van der Waals surface area contributed by atoms with E-state index in [0.717, 1.165) is 11.1 Å². The van der Waals surface area contributed by atoms with Gasteiger partial charge in [-0.3, -0.25) is 19.6 Å². The number of nitrogens with one attached hydrogen (secondary N) is 2. The van der Waals surface area contributed by atoms with Crippen molar-refractivity contribution in [2.45, 2.75) is 25.7 Å². The largest absolute Gasteiger partial charge is 0.322 e. The number of rotatable bonds is 6. The first-order valence-electron chi connectivity index (χ1n) is 9.33. The maximum absolute atomic E-state index is 13.0. The number of nitrogens with zero attached hydrogens (tertiary/aromatic N) is 1. The lowest BCUT2D eigenvalue weighted by Crippen LogP contribution is -2.17. The minimum Gasteiger partial charge on any atom is -0.322 e. The van der Waals surface area contributed by atoms with Gasteiger partial charge in [0.2, 0.25) is 0 Å². The van der Waals surface area contributed by atoms with Crippen LogP contribution in [0.5, 0.6) is 0 Å². The van der Waals surface area contributed by atoms with Crippen LogP contribution in [0.3, 0.4) is 0 Å². The highest BCUT2D eigenvalue weighted by Gasteiger charge is 2.20. The summed E-state index contributed by atoms with van der Waals surface area (Å²) in [4.78, 5) is 23.0. The van der Waals surface area contributed by atoms with E-state index < -0.39 is 20.9 Å². The second-order valence-corrected chi connectivity index (χ2v) is 8.87. The molecule has 0 aliphatic heterocycles. The maximum Gasteiger partial charge on any atom is 0.271 e. The number of anilines is 2. The zero-order valence-electron chi connectivity index (χ0n) is 17.2. The third-order valence-corrected chi connectivity index (χ3v) is 6.05. The van der Waals surface area contributed by atoms with Gasteiger partial charge in [0.25, 0.3) is 21.6 Å². The van der Waals surface area contributed by atoms with Gasteiger partial charge in [0.05, 0.1) is 9.82 Å². The lowest BCUT2D eigenvalue weighted by Gasteiger charge is -2.13. The van der Waals surface area contributed by atoms with Gasteiger partial charge in [0.1, 0.15) is 0 Å². The molecular formula is C22H21N3O5S. The summed E-state index contributed by atoms with van der Waals surface area (Å²) in [7, 11) is -3.94. The van der Waals surface area contributed by atoms with E-state index in [-0.39, 0.29) is 21.8 Å². The van der Waals surface area contributed by atoms with Crippen LogP contribution in [0.2, 0.25) is 0 Å². The normalized spacial score (nSPS) is 11.1. The monoisotopic (exact) mass is 439 g/mol. The molecule has 0 unspecified atom stereocenters. The molecule has 0 atom stereocenters. The first-order valence-corrected chi connectivity index (χ1v) is 10.8. The van der Waals surface area contributed by atoms with E-state index in [4.69, 9.17) is 0 Å². The van der Waals surface area contributed by atoms with Gasteiger partial charge in [-0.15, -0.1) is 0 Å². The molecule has 3 aromatic rings. The summed E-state index contributed by atoms with van der Waals surface area (Å²) in [6, 6.07) is 15.2. The second kappa shape index (κ2) is 8.57.